The molecule has 1 aromatic carbocycles. The van der Waals surface area contributed by atoms with Gasteiger partial charge >= 0.3 is 0 Å². The lowest BCUT2D eigenvalue weighted by atomic mass is 9.75. The van der Waals surface area contributed by atoms with E-state index in [1.165, 1.54) is 51.4 Å². The van der Waals surface area contributed by atoms with Crippen LogP contribution in [0.5, 0.6) is 0 Å². The van der Waals surface area contributed by atoms with Crippen LogP contribution in [-0.2, 0) is 0 Å². The molecule has 1 aliphatic carbocycles. The summed E-state index contributed by atoms with van der Waals surface area (Å²) in [6.07, 6.45) is 11.7. The van der Waals surface area contributed by atoms with E-state index < -0.39 is 0 Å². The highest BCUT2D eigenvalue weighted by Crippen LogP contribution is 2.35. The number of hydrogen-bond donors (Lipinski definition) is 0. The van der Waals surface area contributed by atoms with Gasteiger partial charge < -0.3 is 0 Å². The molecule has 0 bridgehead atoms. The van der Waals surface area contributed by atoms with Gasteiger partial charge in [0.1, 0.15) is 0 Å². The molecular weight excluding hydrogens is 404 g/mol. The third kappa shape index (κ3) is 7.94. The van der Waals surface area contributed by atoms with Crippen LogP contribution in [0.3, 0.4) is 0 Å². The van der Waals surface area contributed by atoms with Crippen LogP contribution in [0.1, 0.15) is 127 Å². The van der Waals surface area contributed by atoms with Crippen molar-refractivity contribution >= 4 is 11.6 Å². The van der Waals surface area contributed by atoms with E-state index in [2.05, 4.69) is 41.5 Å². The molecule has 2 heteroatoms. The number of rotatable bonds is 14. The van der Waals surface area contributed by atoms with Crippen LogP contribution in [0.15, 0.2) is 35.4 Å². The van der Waals surface area contributed by atoms with Crippen LogP contribution >= 0.6 is 0 Å². The van der Waals surface area contributed by atoms with E-state index in [1.54, 1.807) is 12.1 Å². The molecule has 1 aliphatic rings. The predicted octanol–water partition coefficient (Wildman–Crippen LogP) is 9.09. The maximum absolute atomic E-state index is 13.2. The fourth-order valence-corrected chi connectivity index (χ4v) is 5.37. The molecule has 0 amide bonds. The second-order valence-corrected chi connectivity index (χ2v) is 11.4. The highest BCUT2D eigenvalue weighted by Gasteiger charge is 2.33. The lowest BCUT2D eigenvalue weighted by Crippen LogP contribution is -2.27. The van der Waals surface area contributed by atoms with E-state index in [1.807, 2.05) is 19.1 Å². The molecule has 0 saturated heterocycles. The summed E-state index contributed by atoms with van der Waals surface area (Å²) in [4.78, 5) is 26.0. The first-order chi connectivity index (χ1) is 15.6. The van der Waals surface area contributed by atoms with Gasteiger partial charge in [-0.05, 0) is 36.5 Å². The molecule has 1 aromatic rings. The Bertz CT molecular complexity index is 816. The van der Waals surface area contributed by atoms with Gasteiger partial charge in [0.15, 0.2) is 11.6 Å². The summed E-state index contributed by atoms with van der Waals surface area (Å²) in [5.74, 6) is 3.02. The molecule has 0 aliphatic heterocycles. The minimum Gasteiger partial charge on any atom is -0.289 e. The molecule has 0 saturated carbocycles. The van der Waals surface area contributed by atoms with Crippen molar-refractivity contribution in [3.05, 3.63) is 46.5 Å². The molecule has 0 N–H and O–H groups in total. The summed E-state index contributed by atoms with van der Waals surface area (Å²) < 4.78 is 0. The summed E-state index contributed by atoms with van der Waals surface area (Å²) >= 11 is 0. The summed E-state index contributed by atoms with van der Waals surface area (Å²) in [5, 5.41) is 0. The molecule has 0 heterocycles. The maximum Gasteiger partial charge on any atom is 0.190 e. The summed E-state index contributed by atoms with van der Waals surface area (Å²) in [7, 11) is 0. The number of carbonyl (C=O) groups is 2. The van der Waals surface area contributed by atoms with Gasteiger partial charge in [0.2, 0.25) is 0 Å². The van der Waals surface area contributed by atoms with E-state index >= 15 is 0 Å². The average Bonchev–Trinajstić information content (AvgIpc) is 2.77. The van der Waals surface area contributed by atoms with Crippen molar-refractivity contribution in [3.63, 3.8) is 0 Å². The molecule has 0 spiro atoms. The number of ketones is 2. The lowest BCUT2D eigenvalue weighted by molar-refractivity contribution is 0.0961. The molecule has 2 nitrogen and oxygen atoms in total. The highest BCUT2D eigenvalue weighted by molar-refractivity contribution is 6.26. The van der Waals surface area contributed by atoms with Gasteiger partial charge in [0.25, 0.3) is 0 Å². The Balaban J connectivity index is 1.76. The Morgan fingerprint density at radius 2 is 1.09 bits per heavy atom. The van der Waals surface area contributed by atoms with Crippen molar-refractivity contribution in [3.8, 4) is 0 Å². The quantitative estimate of drug-likeness (QED) is 0.282. The number of Topliss-reactive ketones (excluding diaryl/α,β-unsaturated/α-hetero) is 2. The van der Waals surface area contributed by atoms with Gasteiger partial charge in [-0.15, -0.1) is 0 Å². The van der Waals surface area contributed by atoms with Crippen molar-refractivity contribution in [1.82, 2.24) is 0 Å². The molecule has 0 fully saturated rings. The third-order valence-electron chi connectivity index (χ3n) is 7.94. The maximum atomic E-state index is 13.2. The number of hydrogen-bond acceptors (Lipinski definition) is 2. The fourth-order valence-electron chi connectivity index (χ4n) is 5.37. The first kappa shape index (κ1) is 27.5. The van der Waals surface area contributed by atoms with Crippen LogP contribution in [0.4, 0.5) is 0 Å². The minimum absolute atomic E-state index is 0.0197. The van der Waals surface area contributed by atoms with Crippen LogP contribution in [-0.4, -0.2) is 11.6 Å². The molecule has 0 radical (unpaired) electrons. The first-order valence-corrected chi connectivity index (χ1v) is 13.5. The predicted molar refractivity (Wildman–Crippen MR) is 141 cm³/mol. The first-order valence-electron chi connectivity index (χ1n) is 13.5. The molecule has 4 unspecified atom stereocenters. The third-order valence-corrected chi connectivity index (χ3v) is 7.94. The summed E-state index contributed by atoms with van der Waals surface area (Å²) in [6, 6.07) is 7.26. The van der Waals surface area contributed by atoms with Crippen molar-refractivity contribution in [2.45, 2.75) is 106 Å². The van der Waals surface area contributed by atoms with Crippen molar-refractivity contribution < 1.29 is 9.59 Å². The van der Waals surface area contributed by atoms with Gasteiger partial charge in [0.05, 0.1) is 0 Å². The normalized spacial score (nSPS) is 17.8. The SMILES string of the molecule is CC1=C(C(C)C(C)CCCC(C)CCCC(C)CCCC(C)C)C(=O)c2ccccc2C1=O. The van der Waals surface area contributed by atoms with Crippen molar-refractivity contribution in [2.24, 2.45) is 29.6 Å². The monoisotopic (exact) mass is 452 g/mol. The van der Waals surface area contributed by atoms with Gasteiger partial charge in [-0.2, -0.15) is 0 Å². The zero-order valence-electron chi connectivity index (χ0n) is 22.4. The van der Waals surface area contributed by atoms with E-state index in [0.717, 1.165) is 29.7 Å². The summed E-state index contributed by atoms with van der Waals surface area (Å²) in [6.45, 7) is 15.7. The van der Waals surface area contributed by atoms with Crippen LogP contribution in [0.25, 0.3) is 0 Å². The average molecular weight is 453 g/mol. The van der Waals surface area contributed by atoms with Gasteiger partial charge in [-0.1, -0.05) is 124 Å². The Morgan fingerprint density at radius 1 is 0.636 bits per heavy atom. The van der Waals surface area contributed by atoms with Crippen LogP contribution in [0, 0.1) is 29.6 Å². The Labute approximate surface area is 203 Å². The number of fused-ring (bicyclic) bond motifs is 1. The van der Waals surface area contributed by atoms with Gasteiger partial charge in [0, 0.05) is 22.3 Å². The van der Waals surface area contributed by atoms with Crippen LogP contribution < -0.4 is 0 Å². The smallest absolute Gasteiger partial charge is 0.190 e. The fraction of sp³-hybridized carbons (Fsp3) is 0.677. The van der Waals surface area contributed by atoms with Gasteiger partial charge in [-0.3, -0.25) is 9.59 Å². The number of carbonyl (C=O) groups excluding carboxylic acids is 2. The standard InChI is InChI=1S/C31H48O2/c1-21(2)13-10-14-22(3)15-11-16-23(4)17-12-18-24(5)25(6)29-26(7)30(32)27-19-8-9-20-28(27)31(29)33/h8-9,19-25H,10-18H2,1-7H3. The van der Waals surface area contributed by atoms with E-state index in [-0.39, 0.29) is 17.5 Å². The molecular formula is C31H48O2. The zero-order valence-corrected chi connectivity index (χ0v) is 22.4. The zero-order chi connectivity index (χ0) is 24.5. The number of allylic oxidation sites excluding steroid dienone is 2. The van der Waals surface area contributed by atoms with Crippen molar-refractivity contribution in [1.29, 1.82) is 0 Å². The van der Waals surface area contributed by atoms with Crippen molar-refractivity contribution in [2.75, 3.05) is 0 Å². The molecule has 2 rings (SSSR count). The second kappa shape index (κ2) is 13.3. The molecule has 0 aromatic heterocycles. The number of benzene rings is 1. The van der Waals surface area contributed by atoms with E-state index in [0.29, 0.717) is 22.6 Å². The molecule has 4 atom stereocenters. The molecule has 184 valence electrons. The Hall–Kier alpha value is -1.70. The Morgan fingerprint density at radius 3 is 1.61 bits per heavy atom. The molecule has 33 heavy (non-hydrogen) atoms. The minimum atomic E-state index is 0.0197. The summed E-state index contributed by atoms with van der Waals surface area (Å²) in [5.41, 5.74) is 2.53. The van der Waals surface area contributed by atoms with Crippen LogP contribution in [0.2, 0.25) is 0 Å². The Kier molecular flexibility index (Phi) is 11.1. The van der Waals surface area contributed by atoms with Gasteiger partial charge in [-0.25, -0.2) is 0 Å². The highest BCUT2D eigenvalue weighted by atomic mass is 16.1. The largest absolute Gasteiger partial charge is 0.289 e. The lowest BCUT2D eigenvalue weighted by Gasteiger charge is -2.27. The topological polar surface area (TPSA) is 34.1 Å². The van der Waals surface area contributed by atoms with E-state index in [9.17, 15) is 9.59 Å². The van der Waals surface area contributed by atoms with E-state index in [4.69, 9.17) is 0 Å². The second-order valence-electron chi connectivity index (χ2n) is 11.4.